The van der Waals surface area contributed by atoms with Gasteiger partial charge in [-0.2, -0.15) is 5.10 Å². The number of hydrogen-bond acceptors (Lipinski definition) is 7. The van der Waals surface area contributed by atoms with Crippen LogP contribution in [0.4, 0.5) is 0 Å². The van der Waals surface area contributed by atoms with Gasteiger partial charge in [0.1, 0.15) is 12.1 Å². The number of hydrazone groups is 1. The molecule has 1 aliphatic rings. The van der Waals surface area contributed by atoms with Gasteiger partial charge in [0.25, 0.3) is 0 Å². The van der Waals surface area contributed by atoms with E-state index in [9.17, 15) is 9.59 Å². The minimum Gasteiger partial charge on any atom is -0.405 e. The average molecular weight is 602 g/mol. The first kappa shape index (κ1) is 43.8. The lowest BCUT2D eigenvalue weighted by Gasteiger charge is -2.29. The lowest BCUT2D eigenvalue weighted by molar-refractivity contribution is -0.140. The van der Waals surface area contributed by atoms with Crippen LogP contribution in [0.5, 0.6) is 0 Å². The molecule has 3 atom stereocenters. The molecular weight excluding hydrogens is 538 g/mol. The standard InChI is InChI=1S/C26H39N7O2.4C2H6/c1-16(2)24(30-15-18(4)32-29)26(35)33-14-6-7-22(33)25(34)31-19(5)20-8-10-21(11-9-20)23(28)17(3)12-13-27;4*1-2/h8-13,15-16,19,22,24H,6-7,14,27-29H2,1-5H3,(H,31,34);4*1-2H3/b13-12-,23-17-,30-15?,32-18-;;;;. The van der Waals surface area contributed by atoms with E-state index < -0.39 is 12.1 Å². The van der Waals surface area contributed by atoms with Crippen LogP contribution >= 0.6 is 0 Å². The van der Waals surface area contributed by atoms with Gasteiger partial charge in [0.05, 0.1) is 11.8 Å². The molecule has 0 saturated carbocycles. The van der Waals surface area contributed by atoms with Crippen LogP contribution < -0.4 is 22.6 Å². The second-order valence-corrected chi connectivity index (χ2v) is 9.24. The molecule has 0 aliphatic carbocycles. The molecule has 1 aliphatic heterocycles. The molecule has 1 saturated heterocycles. The van der Waals surface area contributed by atoms with Crippen molar-refractivity contribution in [1.29, 1.82) is 0 Å². The zero-order chi connectivity index (χ0) is 34.1. The number of allylic oxidation sites excluding steroid dienone is 2. The summed E-state index contributed by atoms with van der Waals surface area (Å²) in [4.78, 5) is 32.5. The number of carbonyl (C=O) groups excluding carboxylic acids is 2. The number of aliphatic imine (C=N–C) groups is 1. The molecule has 9 heteroatoms. The number of rotatable bonds is 9. The van der Waals surface area contributed by atoms with Gasteiger partial charge in [-0.25, -0.2) is 0 Å². The number of likely N-dealkylation sites (tertiary alicyclic amines) is 1. The molecule has 0 bridgehead atoms. The monoisotopic (exact) mass is 602 g/mol. The number of nitrogens with one attached hydrogen (secondary N) is 1. The molecule has 1 aromatic carbocycles. The van der Waals surface area contributed by atoms with E-state index in [2.05, 4.69) is 15.4 Å². The highest BCUT2D eigenvalue weighted by molar-refractivity contribution is 6.29. The zero-order valence-electron chi connectivity index (χ0n) is 29.4. The highest BCUT2D eigenvalue weighted by Crippen LogP contribution is 2.24. The number of carbonyl (C=O) groups is 2. The molecule has 0 radical (unpaired) electrons. The van der Waals surface area contributed by atoms with Crippen molar-refractivity contribution in [2.24, 2.45) is 33.3 Å². The summed E-state index contributed by atoms with van der Waals surface area (Å²) in [5.74, 6) is 4.92. The first-order valence-electron chi connectivity index (χ1n) is 15.9. The number of benzene rings is 1. The maximum atomic E-state index is 13.3. The van der Waals surface area contributed by atoms with Crippen LogP contribution in [0.2, 0.25) is 0 Å². The fraction of sp³-hybridized carbons (Fsp3) is 0.588. The van der Waals surface area contributed by atoms with Gasteiger partial charge in [0, 0.05) is 18.5 Å². The summed E-state index contributed by atoms with van der Waals surface area (Å²) in [5, 5.41) is 6.64. The lowest BCUT2D eigenvalue weighted by atomic mass is 10.0. The maximum Gasteiger partial charge on any atom is 0.248 e. The van der Waals surface area contributed by atoms with Gasteiger partial charge in [0.15, 0.2) is 0 Å². The second-order valence-electron chi connectivity index (χ2n) is 9.24. The van der Waals surface area contributed by atoms with Crippen LogP contribution in [0.25, 0.3) is 5.70 Å². The third-order valence-corrected chi connectivity index (χ3v) is 6.20. The van der Waals surface area contributed by atoms with Gasteiger partial charge >= 0.3 is 0 Å². The van der Waals surface area contributed by atoms with Crippen molar-refractivity contribution in [2.45, 2.75) is 121 Å². The fourth-order valence-corrected chi connectivity index (χ4v) is 4.02. The van der Waals surface area contributed by atoms with Gasteiger partial charge in [-0.3, -0.25) is 14.6 Å². The SMILES string of the molecule is C/C(C=NC(C(=O)N1CCCC1C(=O)NC(C)c1ccc(/C(N)=C(C)/C=C\N)cc1)C(C)C)=N/N.CC.CC.CC.CC. The van der Waals surface area contributed by atoms with Crippen molar-refractivity contribution in [3.8, 4) is 0 Å². The molecular formula is C34H63N7O2. The zero-order valence-corrected chi connectivity index (χ0v) is 29.4. The largest absolute Gasteiger partial charge is 0.405 e. The Labute approximate surface area is 263 Å². The Kier molecular flexibility index (Phi) is 26.5. The minimum absolute atomic E-state index is 0.0310. The first-order valence-corrected chi connectivity index (χ1v) is 15.9. The van der Waals surface area contributed by atoms with E-state index >= 15 is 0 Å². The average Bonchev–Trinajstić information content (AvgIpc) is 3.55. The quantitative estimate of drug-likeness (QED) is 0.109. The van der Waals surface area contributed by atoms with E-state index in [0.717, 1.165) is 23.1 Å². The van der Waals surface area contributed by atoms with Crippen LogP contribution in [0, 0.1) is 5.92 Å². The van der Waals surface area contributed by atoms with E-state index in [1.807, 2.05) is 107 Å². The molecule has 3 unspecified atom stereocenters. The molecule has 2 amide bonds. The Bertz CT molecular complexity index is 1010. The third-order valence-electron chi connectivity index (χ3n) is 6.20. The Morgan fingerprint density at radius 2 is 1.51 bits per heavy atom. The van der Waals surface area contributed by atoms with Gasteiger partial charge < -0.3 is 27.5 Å². The molecule has 1 aromatic rings. The fourth-order valence-electron chi connectivity index (χ4n) is 4.02. The van der Waals surface area contributed by atoms with Crippen LogP contribution in [0.3, 0.4) is 0 Å². The smallest absolute Gasteiger partial charge is 0.248 e. The van der Waals surface area contributed by atoms with E-state index in [4.69, 9.17) is 17.3 Å². The van der Waals surface area contributed by atoms with E-state index in [0.29, 0.717) is 24.4 Å². The summed E-state index contributed by atoms with van der Waals surface area (Å²) < 4.78 is 0. The van der Waals surface area contributed by atoms with Crippen molar-refractivity contribution in [2.75, 3.05) is 6.54 Å². The lowest BCUT2D eigenvalue weighted by Crippen LogP contribution is -2.50. The molecule has 0 spiro atoms. The molecule has 2 rings (SSSR count). The van der Waals surface area contributed by atoms with Crippen molar-refractivity contribution in [1.82, 2.24) is 10.2 Å². The van der Waals surface area contributed by atoms with E-state index in [-0.39, 0.29) is 23.8 Å². The van der Waals surface area contributed by atoms with Crippen molar-refractivity contribution >= 4 is 29.4 Å². The summed E-state index contributed by atoms with van der Waals surface area (Å²) >= 11 is 0. The van der Waals surface area contributed by atoms with Gasteiger partial charge in [-0.05, 0) is 68.5 Å². The molecule has 0 aromatic heterocycles. The van der Waals surface area contributed by atoms with E-state index in [1.54, 1.807) is 17.9 Å². The van der Waals surface area contributed by atoms with Crippen LogP contribution in [-0.4, -0.2) is 47.3 Å². The summed E-state index contributed by atoms with van der Waals surface area (Å²) in [6.45, 7) is 25.9. The molecule has 246 valence electrons. The highest BCUT2D eigenvalue weighted by Gasteiger charge is 2.38. The third kappa shape index (κ3) is 14.9. The van der Waals surface area contributed by atoms with Crippen molar-refractivity contribution < 1.29 is 9.59 Å². The Morgan fingerprint density at radius 1 is 0.977 bits per heavy atom. The molecule has 1 heterocycles. The van der Waals surface area contributed by atoms with Gasteiger partial charge in [-0.15, -0.1) is 0 Å². The van der Waals surface area contributed by atoms with Crippen molar-refractivity contribution in [3.05, 3.63) is 53.2 Å². The Balaban J connectivity index is -0.00000184. The Hall–Kier alpha value is -3.62. The Morgan fingerprint density at radius 3 is 1.98 bits per heavy atom. The molecule has 43 heavy (non-hydrogen) atoms. The molecule has 1 fully saturated rings. The highest BCUT2D eigenvalue weighted by atomic mass is 16.2. The van der Waals surface area contributed by atoms with Crippen molar-refractivity contribution in [3.63, 3.8) is 0 Å². The minimum atomic E-state index is -0.596. The van der Waals surface area contributed by atoms with Crippen LogP contribution in [0.15, 0.2) is 52.2 Å². The van der Waals surface area contributed by atoms with Crippen LogP contribution in [0.1, 0.15) is 120 Å². The predicted octanol–water partition coefficient (Wildman–Crippen LogP) is 6.55. The second kappa shape index (κ2) is 26.0. The summed E-state index contributed by atoms with van der Waals surface area (Å²) in [7, 11) is 0. The van der Waals surface area contributed by atoms with Gasteiger partial charge in [-0.1, -0.05) is 93.5 Å². The predicted molar refractivity (Wildman–Crippen MR) is 188 cm³/mol. The number of nitrogens with zero attached hydrogens (tertiary/aromatic N) is 3. The van der Waals surface area contributed by atoms with E-state index in [1.165, 1.54) is 12.4 Å². The number of nitrogens with two attached hydrogens (primary N) is 3. The van der Waals surface area contributed by atoms with Gasteiger partial charge in [0.2, 0.25) is 11.8 Å². The summed E-state index contributed by atoms with van der Waals surface area (Å²) in [6.07, 6.45) is 6.11. The molecule has 9 nitrogen and oxygen atoms in total. The topological polar surface area (TPSA) is 152 Å². The summed E-state index contributed by atoms with van der Waals surface area (Å²) in [5.41, 5.74) is 15.5. The van der Waals surface area contributed by atoms with Crippen LogP contribution in [-0.2, 0) is 9.59 Å². The summed E-state index contributed by atoms with van der Waals surface area (Å²) in [6, 6.07) is 6.38. The maximum absolute atomic E-state index is 13.3. The first-order chi connectivity index (χ1) is 20.6. The number of amides is 2. The molecule has 7 N–H and O–H groups in total. The number of hydrogen-bond donors (Lipinski definition) is 4. The normalized spacial score (nSPS) is 16.3.